The molecule has 1 N–H and O–H groups in total. The van der Waals surface area contributed by atoms with Crippen molar-refractivity contribution in [3.63, 3.8) is 0 Å². The molecule has 0 bridgehead atoms. The quantitative estimate of drug-likeness (QED) is 0.920. The molecule has 106 valence electrons. The van der Waals surface area contributed by atoms with Crippen molar-refractivity contribution in [2.45, 2.75) is 12.2 Å². The molecule has 1 aromatic carbocycles. The number of fused-ring (bicyclic) bond motifs is 1. The van der Waals surface area contributed by atoms with Crippen LogP contribution in [0, 0.1) is 0 Å². The van der Waals surface area contributed by atoms with Gasteiger partial charge in [0, 0.05) is 17.8 Å². The van der Waals surface area contributed by atoms with E-state index >= 15 is 0 Å². The molecule has 0 aliphatic carbocycles. The molecule has 0 saturated carbocycles. The standard InChI is InChI=1S/C13H12F3N3O/c1-17-10-7-20-11-6-8(2-3-9(10)11)19-5-4-12(18-19)13(14,15)16/h2-6,10,17H,7H2,1H3. The maximum atomic E-state index is 12.5. The zero-order valence-corrected chi connectivity index (χ0v) is 10.6. The van der Waals surface area contributed by atoms with Crippen molar-refractivity contribution in [1.29, 1.82) is 0 Å². The highest BCUT2D eigenvalue weighted by atomic mass is 19.4. The molecule has 3 rings (SSSR count). The Morgan fingerprint density at radius 1 is 1.35 bits per heavy atom. The van der Waals surface area contributed by atoms with E-state index in [0.717, 1.165) is 11.6 Å². The highest BCUT2D eigenvalue weighted by Gasteiger charge is 2.33. The summed E-state index contributed by atoms with van der Waals surface area (Å²) >= 11 is 0. The molecule has 2 aromatic rings. The lowest BCUT2D eigenvalue weighted by atomic mass is 10.1. The second-order valence-corrected chi connectivity index (χ2v) is 4.52. The van der Waals surface area contributed by atoms with Gasteiger partial charge in [-0.1, -0.05) is 6.07 Å². The van der Waals surface area contributed by atoms with Crippen molar-refractivity contribution in [3.05, 3.63) is 41.7 Å². The number of hydrogen-bond donors (Lipinski definition) is 1. The SMILES string of the molecule is CNC1COc2cc(-n3ccc(C(F)(F)F)n3)ccc21. The number of alkyl halides is 3. The number of likely N-dealkylation sites (N-methyl/N-ethyl adjacent to an activating group) is 1. The number of rotatable bonds is 2. The summed E-state index contributed by atoms with van der Waals surface area (Å²) in [5.41, 5.74) is 0.627. The molecule has 7 heteroatoms. The van der Waals surface area contributed by atoms with Crippen LogP contribution >= 0.6 is 0 Å². The van der Waals surface area contributed by atoms with E-state index in [-0.39, 0.29) is 6.04 Å². The van der Waals surface area contributed by atoms with E-state index in [2.05, 4.69) is 10.4 Å². The van der Waals surface area contributed by atoms with Gasteiger partial charge in [0.1, 0.15) is 12.4 Å². The molecule has 0 saturated heterocycles. The Morgan fingerprint density at radius 3 is 2.80 bits per heavy atom. The van der Waals surface area contributed by atoms with Crippen molar-refractivity contribution in [1.82, 2.24) is 15.1 Å². The molecular weight excluding hydrogens is 271 g/mol. The molecule has 0 fully saturated rings. The van der Waals surface area contributed by atoms with Gasteiger partial charge in [0.05, 0.1) is 11.7 Å². The molecule has 1 aliphatic rings. The minimum atomic E-state index is -4.43. The first-order valence-corrected chi connectivity index (χ1v) is 6.06. The summed E-state index contributed by atoms with van der Waals surface area (Å²) in [5, 5.41) is 6.64. The third kappa shape index (κ3) is 2.14. The van der Waals surface area contributed by atoms with Crippen molar-refractivity contribution in [2.24, 2.45) is 0 Å². The number of ether oxygens (including phenoxy) is 1. The number of benzene rings is 1. The zero-order valence-electron chi connectivity index (χ0n) is 10.6. The lowest BCUT2D eigenvalue weighted by Gasteiger charge is -2.07. The first-order chi connectivity index (χ1) is 9.49. The van der Waals surface area contributed by atoms with Crippen LogP contribution in [0.1, 0.15) is 17.3 Å². The topological polar surface area (TPSA) is 39.1 Å². The molecule has 4 nitrogen and oxygen atoms in total. The van der Waals surface area contributed by atoms with Crippen molar-refractivity contribution >= 4 is 0 Å². The van der Waals surface area contributed by atoms with Gasteiger partial charge in [-0.05, 0) is 19.2 Å². The van der Waals surface area contributed by atoms with Crippen LogP contribution in [0.5, 0.6) is 5.75 Å². The van der Waals surface area contributed by atoms with Crippen LogP contribution in [-0.4, -0.2) is 23.4 Å². The fraction of sp³-hybridized carbons (Fsp3) is 0.308. The Hall–Kier alpha value is -2.02. The van der Waals surface area contributed by atoms with Gasteiger partial charge in [0.15, 0.2) is 5.69 Å². The molecular formula is C13H12F3N3O. The van der Waals surface area contributed by atoms with Gasteiger partial charge < -0.3 is 10.1 Å². The summed E-state index contributed by atoms with van der Waals surface area (Å²) in [7, 11) is 1.83. The molecule has 1 atom stereocenters. The van der Waals surface area contributed by atoms with Gasteiger partial charge in [0.2, 0.25) is 0 Å². The second-order valence-electron chi connectivity index (χ2n) is 4.52. The van der Waals surface area contributed by atoms with E-state index in [1.54, 1.807) is 12.1 Å². The largest absolute Gasteiger partial charge is 0.491 e. The summed E-state index contributed by atoms with van der Waals surface area (Å²) in [5.74, 6) is 0.672. The number of nitrogens with zero attached hydrogens (tertiary/aromatic N) is 2. The zero-order chi connectivity index (χ0) is 14.3. The van der Waals surface area contributed by atoms with Gasteiger partial charge in [-0.25, -0.2) is 4.68 Å². The maximum Gasteiger partial charge on any atom is 0.435 e. The molecule has 1 aromatic heterocycles. The number of nitrogens with one attached hydrogen (secondary N) is 1. The van der Waals surface area contributed by atoms with Crippen molar-refractivity contribution in [2.75, 3.05) is 13.7 Å². The van der Waals surface area contributed by atoms with Crippen LogP contribution in [0.15, 0.2) is 30.5 Å². The fourth-order valence-corrected chi connectivity index (χ4v) is 2.20. The second kappa shape index (κ2) is 4.52. The van der Waals surface area contributed by atoms with Crippen LogP contribution in [0.2, 0.25) is 0 Å². The van der Waals surface area contributed by atoms with Gasteiger partial charge in [-0.2, -0.15) is 18.3 Å². The van der Waals surface area contributed by atoms with Crippen LogP contribution in [0.3, 0.4) is 0 Å². The van der Waals surface area contributed by atoms with E-state index < -0.39 is 11.9 Å². The Balaban J connectivity index is 1.94. The Morgan fingerprint density at radius 2 is 2.15 bits per heavy atom. The van der Waals surface area contributed by atoms with Crippen molar-refractivity contribution in [3.8, 4) is 11.4 Å². The molecule has 1 aliphatic heterocycles. The molecule has 1 unspecified atom stereocenters. The number of hydrogen-bond acceptors (Lipinski definition) is 3. The maximum absolute atomic E-state index is 12.5. The van der Waals surface area contributed by atoms with Crippen LogP contribution < -0.4 is 10.1 Å². The molecule has 0 amide bonds. The first-order valence-electron chi connectivity index (χ1n) is 6.06. The molecule has 0 spiro atoms. The van der Waals surface area contributed by atoms with Gasteiger partial charge in [0.25, 0.3) is 0 Å². The van der Waals surface area contributed by atoms with Gasteiger partial charge in [-0.3, -0.25) is 0 Å². The van der Waals surface area contributed by atoms with Gasteiger partial charge >= 0.3 is 6.18 Å². The predicted octanol–water partition coefficient (Wildman–Crippen LogP) is 2.54. The summed E-state index contributed by atoms with van der Waals surface area (Å²) in [6.45, 7) is 0.516. The summed E-state index contributed by atoms with van der Waals surface area (Å²) in [6, 6.07) is 6.32. The average Bonchev–Trinajstić information content (AvgIpc) is 3.04. The minimum Gasteiger partial charge on any atom is -0.491 e. The molecule has 0 radical (unpaired) electrons. The van der Waals surface area contributed by atoms with E-state index in [9.17, 15) is 13.2 Å². The summed E-state index contributed by atoms with van der Waals surface area (Å²) in [6.07, 6.45) is -3.15. The number of halogens is 3. The van der Waals surface area contributed by atoms with E-state index in [4.69, 9.17) is 4.74 Å². The molecule has 20 heavy (non-hydrogen) atoms. The van der Waals surface area contributed by atoms with E-state index in [1.807, 2.05) is 13.1 Å². The number of aromatic nitrogens is 2. The highest BCUT2D eigenvalue weighted by molar-refractivity contribution is 5.48. The van der Waals surface area contributed by atoms with E-state index in [0.29, 0.717) is 18.0 Å². The average molecular weight is 283 g/mol. The monoisotopic (exact) mass is 283 g/mol. The lowest BCUT2D eigenvalue weighted by molar-refractivity contribution is -0.141. The van der Waals surface area contributed by atoms with Crippen LogP contribution in [-0.2, 0) is 6.18 Å². The smallest absolute Gasteiger partial charge is 0.435 e. The highest BCUT2D eigenvalue weighted by Crippen LogP contribution is 2.34. The van der Waals surface area contributed by atoms with Crippen LogP contribution in [0.25, 0.3) is 5.69 Å². The van der Waals surface area contributed by atoms with Gasteiger partial charge in [-0.15, -0.1) is 0 Å². The van der Waals surface area contributed by atoms with Crippen LogP contribution in [0.4, 0.5) is 13.2 Å². The Kier molecular flexibility index (Phi) is 2.93. The normalized spacial score (nSPS) is 17.9. The molecule has 2 heterocycles. The third-order valence-corrected chi connectivity index (χ3v) is 3.27. The van der Waals surface area contributed by atoms with E-state index in [1.165, 1.54) is 10.9 Å². The Labute approximate surface area is 113 Å². The first kappa shape index (κ1) is 13.0. The lowest BCUT2D eigenvalue weighted by Crippen LogP contribution is -2.17. The third-order valence-electron chi connectivity index (χ3n) is 3.27. The summed E-state index contributed by atoms with van der Waals surface area (Å²) < 4.78 is 44.3. The minimum absolute atomic E-state index is 0.113. The fourth-order valence-electron chi connectivity index (χ4n) is 2.20. The predicted molar refractivity (Wildman–Crippen MR) is 65.9 cm³/mol. The van der Waals surface area contributed by atoms with Crippen molar-refractivity contribution < 1.29 is 17.9 Å². The summed E-state index contributed by atoms with van der Waals surface area (Å²) in [4.78, 5) is 0. The Bertz CT molecular complexity index is 636.